The summed E-state index contributed by atoms with van der Waals surface area (Å²) < 4.78 is 12.5. The van der Waals surface area contributed by atoms with E-state index in [4.69, 9.17) is 9.31 Å². The Labute approximate surface area is 133 Å². The predicted molar refractivity (Wildman–Crippen MR) is 91.1 cm³/mol. The molecule has 1 heterocycles. The van der Waals surface area contributed by atoms with Crippen molar-refractivity contribution in [1.29, 1.82) is 0 Å². The van der Waals surface area contributed by atoms with Crippen LogP contribution >= 0.6 is 0 Å². The third kappa shape index (κ3) is 2.11. The zero-order valence-electron chi connectivity index (χ0n) is 13.8. The maximum atomic E-state index is 6.23. The van der Waals surface area contributed by atoms with Crippen LogP contribution in [0.2, 0.25) is 5.82 Å². The van der Waals surface area contributed by atoms with Crippen LogP contribution in [0.3, 0.4) is 0 Å². The molecule has 2 atom stereocenters. The van der Waals surface area contributed by atoms with E-state index in [-0.39, 0.29) is 18.3 Å². The van der Waals surface area contributed by atoms with E-state index < -0.39 is 0 Å². The molecule has 2 aliphatic rings. The van der Waals surface area contributed by atoms with Gasteiger partial charge in [0.25, 0.3) is 0 Å². The van der Waals surface area contributed by atoms with E-state index >= 15 is 0 Å². The molecule has 1 aliphatic heterocycles. The van der Waals surface area contributed by atoms with Crippen LogP contribution in [0.15, 0.2) is 42.5 Å². The summed E-state index contributed by atoms with van der Waals surface area (Å²) in [6, 6.07) is 15.2. The molecule has 2 aromatic rings. The summed E-state index contributed by atoms with van der Waals surface area (Å²) in [6.45, 7) is 8.51. The highest BCUT2D eigenvalue weighted by molar-refractivity contribution is 6.49. The molecule has 2 fully saturated rings. The summed E-state index contributed by atoms with van der Waals surface area (Å²) in [4.78, 5) is 0. The summed E-state index contributed by atoms with van der Waals surface area (Å²) in [6.07, 6.45) is 1.16. The van der Waals surface area contributed by atoms with Crippen LogP contribution in [-0.4, -0.2) is 18.3 Å². The van der Waals surface area contributed by atoms with E-state index in [0.29, 0.717) is 11.7 Å². The third-order valence-electron chi connectivity index (χ3n) is 5.68. The van der Waals surface area contributed by atoms with Gasteiger partial charge in [0.1, 0.15) is 0 Å². The van der Waals surface area contributed by atoms with E-state index in [9.17, 15) is 0 Å². The number of benzene rings is 2. The van der Waals surface area contributed by atoms with Crippen LogP contribution in [0.4, 0.5) is 0 Å². The molecule has 0 bridgehead atoms. The molecule has 1 saturated heterocycles. The zero-order chi connectivity index (χ0) is 15.5. The normalized spacial score (nSPS) is 29.0. The highest BCUT2D eigenvalue weighted by Gasteiger charge is 2.59. The first-order valence-corrected chi connectivity index (χ1v) is 8.22. The van der Waals surface area contributed by atoms with Gasteiger partial charge in [0, 0.05) is 5.82 Å². The number of rotatable bonds is 2. The van der Waals surface area contributed by atoms with Gasteiger partial charge >= 0.3 is 7.12 Å². The lowest BCUT2D eigenvalue weighted by Crippen LogP contribution is -2.41. The minimum absolute atomic E-state index is 0.0750. The van der Waals surface area contributed by atoms with Gasteiger partial charge in [-0.05, 0) is 56.4 Å². The Morgan fingerprint density at radius 3 is 2.27 bits per heavy atom. The lowest BCUT2D eigenvalue weighted by molar-refractivity contribution is 0.00578. The van der Waals surface area contributed by atoms with Gasteiger partial charge in [-0.1, -0.05) is 42.5 Å². The quantitative estimate of drug-likeness (QED) is 0.741. The standard InChI is InChI=1S/C19H23BO2/c1-18(2)19(3,4)22-20(21-18)17-12-16(17)15-11-7-9-13-8-5-6-10-14(13)15/h5-11,16-17H,12H2,1-4H3. The predicted octanol–water partition coefficient (Wildman–Crippen LogP) is 4.79. The molecule has 0 spiro atoms. The average molecular weight is 294 g/mol. The van der Waals surface area contributed by atoms with Gasteiger partial charge in [-0.2, -0.15) is 0 Å². The van der Waals surface area contributed by atoms with Crippen molar-refractivity contribution >= 4 is 17.9 Å². The lowest BCUT2D eigenvalue weighted by Gasteiger charge is -2.32. The minimum atomic E-state index is -0.233. The minimum Gasteiger partial charge on any atom is -0.403 e. The second-order valence-corrected chi connectivity index (χ2v) is 7.70. The zero-order valence-corrected chi connectivity index (χ0v) is 13.8. The Morgan fingerprint density at radius 2 is 1.55 bits per heavy atom. The Morgan fingerprint density at radius 1 is 0.909 bits per heavy atom. The SMILES string of the molecule is CC1(C)OB(C2CC2c2cccc3ccccc23)OC1(C)C. The Bertz CT molecular complexity index is 701. The molecule has 1 saturated carbocycles. The fraction of sp³-hybridized carbons (Fsp3) is 0.474. The number of fused-ring (bicyclic) bond motifs is 1. The van der Waals surface area contributed by atoms with Gasteiger partial charge in [0.2, 0.25) is 0 Å². The monoisotopic (exact) mass is 294 g/mol. The summed E-state index contributed by atoms with van der Waals surface area (Å²) >= 11 is 0. The topological polar surface area (TPSA) is 18.5 Å². The van der Waals surface area contributed by atoms with Gasteiger partial charge < -0.3 is 9.31 Å². The molecule has 22 heavy (non-hydrogen) atoms. The van der Waals surface area contributed by atoms with Crippen molar-refractivity contribution in [3.05, 3.63) is 48.0 Å². The van der Waals surface area contributed by atoms with Crippen LogP contribution in [0.1, 0.15) is 45.6 Å². The molecule has 0 amide bonds. The molecular formula is C19H23BO2. The molecule has 3 heteroatoms. The third-order valence-corrected chi connectivity index (χ3v) is 5.68. The molecule has 2 aromatic carbocycles. The molecular weight excluding hydrogens is 271 g/mol. The van der Waals surface area contributed by atoms with Gasteiger partial charge in [0.15, 0.2) is 0 Å². The van der Waals surface area contributed by atoms with Gasteiger partial charge in [-0.3, -0.25) is 0 Å². The van der Waals surface area contributed by atoms with Gasteiger partial charge in [0.05, 0.1) is 11.2 Å². The first-order valence-electron chi connectivity index (χ1n) is 8.22. The van der Waals surface area contributed by atoms with Crippen molar-refractivity contribution in [2.24, 2.45) is 0 Å². The maximum Gasteiger partial charge on any atom is 0.461 e. The van der Waals surface area contributed by atoms with E-state index in [0.717, 1.165) is 6.42 Å². The van der Waals surface area contributed by atoms with Crippen molar-refractivity contribution in [2.45, 2.75) is 57.1 Å². The van der Waals surface area contributed by atoms with Gasteiger partial charge in [-0.15, -0.1) is 0 Å². The summed E-state index contributed by atoms with van der Waals surface area (Å²) in [5.74, 6) is 1.03. The summed E-state index contributed by atoms with van der Waals surface area (Å²) in [5.41, 5.74) is 0.977. The smallest absolute Gasteiger partial charge is 0.403 e. The highest BCUT2D eigenvalue weighted by Crippen LogP contribution is 2.59. The summed E-state index contributed by atoms with van der Waals surface area (Å²) in [5, 5.41) is 2.69. The van der Waals surface area contributed by atoms with Crippen LogP contribution in [0.25, 0.3) is 10.8 Å². The van der Waals surface area contributed by atoms with E-state index in [1.54, 1.807) is 0 Å². The molecule has 1 aliphatic carbocycles. The Balaban J connectivity index is 1.60. The van der Waals surface area contributed by atoms with Gasteiger partial charge in [-0.25, -0.2) is 0 Å². The van der Waals surface area contributed by atoms with E-state index in [2.05, 4.69) is 70.2 Å². The fourth-order valence-electron chi connectivity index (χ4n) is 3.51. The molecule has 2 unspecified atom stereocenters. The fourth-order valence-corrected chi connectivity index (χ4v) is 3.51. The molecule has 0 aromatic heterocycles. The molecule has 114 valence electrons. The molecule has 0 N–H and O–H groups in total. The summed E-state index contributed by atoms with van der Waals surface area (Å²) in [7, 11) is -0.0750. The largest absolute Gasteiger partial charge is 0.461 e. The average Bonchev–Trinajstić information content (AvgIpc) is 3.21. The van der Waals surface area contributed by atoms with Crippen molar-refractivity contribution in [2.75, 3.05) is 0 Å². The number of hydrogen-bond donors (Lipinski definition) is 0. The first kappa shape index (κ1) is 14.3. The van der Waals surface area contributed by atoms with E-state index in [1.165, 1.54) is 16.3 Å². The van der Waals surface area contributed by atoms with Crippen LogP contribution in [-0.2, 0) is 9.31 Å². The molecule has 0 radical (unpaired) electrons. The lowest BCUT2D eigenvalue weighted by atomic mass is 9.79. The van der Waals surface area contributed by atoms with Crippen LogP contribution in [0.5, 0.6) is 0 Å². The van der Waals surface area contributed by atoms with Crippen molar-refractivity contribution < 1.29 is 9.31 Å². The van der Waals surface area contributed by atoms with Crippen LogP contribution in [0, 0.1) is 0 Å². The highest BCUT2D eigenvalue weighted by atomic mass is 16.7. The Kier molecular flexibility index (Phi) is 2.98. The van der Waals surface area contributed by atoms with E-state index in [1.807, 2.05) is 0 Å². The second-order valence-electron chi connectivity index (χ2n) is 7.70. The Hall–Kier alpha value is -1.32. The van der Waals surface area contributed by atoms with Crippen molar-refractivity contribution in [3.63, 3.8) is 0 Å². The first-order chi connectivity index (χ1) is 10.4. The number of hydrogen-bond acceptors (Lipinski definition) is 2. The molecule has 4 rings (SSSR count). The second kappa shape index (κ2) is 4.59. The molecule has 2 nitrogen and oxygen atoms in total. The van der Waals surface area contributed by atoms with Crippen molar-refractivity contribution in [3.8, 4) is 0 Å². The van der Waals surface area contributed by atoms with Crippen molar-refractivity contribution in [1.82, 2.24) is 0 Å². The maximum absolute atomic E-state index is 6.23. The van der Waals surface area contributed by atoms with Crippen LogP contribution < -0.4 is 0 Å².